The minimum absolute atomic E-state index is 0.0939. The first-order valence-corrected chi connectivity index (χ1v) is 7.35. The molecule has 110 valence electrons. The number of alkyl halides is 1. The molecular weight excluding hydrogens is 328 g/mol. The van der Waals surface area contributed by atoms with Crippen LogP contribution in [0.3, 0.4) is 0 Å². The topological polar surface area (TPSA) is 81.5 Å². The molecular formula is C13H17BrN2O4. The maximum atomic E-state index is 11.9. The highest BCUT2D eigenvalue weighted by Gasteiger charge is 2.19. The lowest BCUT2D eigenvalue weighted by Gasteiger charge is -2.07. The van der Waals surface area contributed by atoms with E-state index >= 15 is 0 Å². The molecule has 0 aliphatic heterocycles. The number of nitrogens with zero attached hydrogens (tertiary/aromatic N) is 1. The third-order valence-corrected chi connectivity index (χ3v) is 2.89. The van der Waals surface area contributed by atoms with E-state index in [1.165, 1.54) is 12.1 Å². The summed E-state index contributed by atoms with van der Waals surface area (Å²) in [5, 5.41) is 14.3. The standard InChI is InChI=1S/C13H17BrN2O4/c1-10-3-4-12(16(18)19)11(9-10)13(17)15-6-2-7-20-8-5-14/h3-4,9H,2,5-8H2,1H3,(H,15,17). The van der Waals surface area contributed by atoms with Gasteiger partial charge < -0.3 is 10.1 Å². The third kappa shape index (κ3) is 5.26. The predicted molar refractivity (Wildman–Crippen MR) is 79.4 cm³/mol. The first-order chi connectivity index (χ1) is 9.56. The fraction of sp³-hybridized carbons (Fsp3) is 0.462. The highest BCUT2D eigenvalue weighted by atomic mass is 79.9. The largest absolute Gasteiger partial charge is 0.381 e. The molecule has 1 rings (SSSR count). The molecule has 0 radical (unpaired) electrons. The van der Waals surface area contributed by atoms with Crippen LogP contribution in [0.15, 0.2) is 18.2 Å². The minimum Gasteiger partial charge on any atom is -0.381 e. The van der Waals surface area contributed by atoms with Gasteiger partial charge in [0.25, 0.3) is 11.6 Å². The Labute approximate surface area is 125 Å². The average molecular weight is 345 g/mol. The van der Waals surface area contributed by atoms with Crippen LogP contribution in [0.2, 0.25) is 0 Å². The Morgan fingerprint density at radius 3 is 2.85 bits per heavy atom. The number of aryl methyl sites for hydroxylation is 1. The van der Waals surface area contributed by atoms with E-state index in [4.69, 9.17) is 4.74 Å². The summed E-state index contributed by atoms with van der Waals surface area (Å²) >= 11 is 3.24. The summed E-state index contributed by atoms with van der Waals surface area (Å²) in [4.78, 5) is 22.3. The summed E-state index contributed by atoms with van der Waals surface area (Å²) in [5.74, 6) is -0.430. The minimum atomic E-state index is -0.548. The van der Waals surface area contributed by atoms with Crippen LogP contribution >= 0.6 is 15.9 Å². The summed E-state index contributed by atoms with van der Waals surface area (Å²) in [5.41, 5.74) is 0.724. The summed E-state index contributed by atoms with van der Waals surface area (Å²) in [6, 6.07) is 4.49. The van der Waals surface area contributed by atoms with Crippen LogP contribution in [-0.4, -0.2) is 35.9 Å². The van der Waals surface area contributed by atoms with Crippen LogP contribution in [0, 0.1) is 17.0 Å². The van der Waals surface area contributed by atoms with E-state index in [0.717, 1.165) is 10.9 Å². The molecule has 7 heteroatoms. The Kier molecular flexibility index (Phi) is 7.17. The fourth-order valence-corrected chi connectivity index (χ4v) is 1.85. The average Bonchev–Trinajstić information content (AvgIpc) is 2.42. The lowest BCUT2D eigenvalue weighted by Crippen LogP contribution is -2.26. The number of ether oxygens (including phenoxy) is 1. The van der Waals surface area contributed by atoms with Gasteiger partial charge in [-0.1, -0.05) is 22.0 Å². The molecule has 0 saturated carbocycles. The molecule has 20 heavy (non-hydrogen) atoms. The number of rotatable bonds is 8. The zero-order chi connectivity index (χ0) is 15.0. The zero-order valence-corrected chi connectivity index (χ0v) is 12.8. The maximum absolute atomic E-state index is 11.9. The Bertz CT molecular complexity index is 479. The van der Waals surface area contributed by atoms with Crippen LogP contribution in [-0.2, 0) is 4.74 Å². The lowest BCUT2D eigenvalue weighted by atomic mass is 10.1. The SMILES string of the molecule is Cc1ccc([N+](=O)[O-])c(C(=O)NCCCOCCBr)c1. The molecule has 6 nitrogen and oxygen atoms in total. The third-order valence-electron chi connectivity index (χ3n) is 2.57. The second-order valence-electron chi connectivity index (χ2n) is 4.19. The molecule has 1 N–H and O–H groups in total. The molecule has 1 aromatic carbocycles. The number of hydrogen-bond acceptors (Lipinski definition) is 4. The summed E-state index contributed by atoms with van der Waals surface area (Å²) in [6.07, 6.45) is 0.665. The van der Waals surface area contributed by atoms with Crippen molar-refractivity contribution in [2.24, 2.45) is 0 Å². The van der Waals surface area contributed by atoms with E-state index in [1.54, 1.807) is 13.0 Å². The molecule has 0 bridgehead atoms. The van der Waals surface area contributed by atoms with E-state index in [9.17, 15) is 14.9 Å². The maximum Gasteiger partial charge on any atom is 0.282 e. The number of hydrogen-bond donors (Lipinski definition) is 1. The number of carbonyl (C=O) groups excluding carboxylic acids is 1. The number of nitro groups is 1. The van der Waals surface area contributed by atoms with Gasteiger partial charge in [-0.3, -0.25) is 14.9 Å². The first-order valence-electron chi connectivity index (χ1n) is 6.23. The van der Waals surface area contributed by atoms with Crippen LogP contribution < -0.4 is 5.32 Å². The molecule has 0 spiro atoms. The van der Waals surface area contributed by atoms with Gasteiger partial charge in [0.05, 0.1) is 11.5 Å². The van der Waals surface area contributed by atoms with Gasteiger partial charge in [-0.15, -0.1) is 0 Å². The van der Waals surface area contributed by atoms with Crippen molar-refractivity contribution in [3.05, 3.63) is 39.4 Å². The highest BCUT2D eigenvalue weighted by molar-refractivity contribution is 9.09. The smallest absolute Gasteiger partial charge is 0.282 e. The van der Waals surface area contributed by atoms with Crippen molar-refractivity contribution < 1.29 is 14.5 Å². The Balaban J connectivity index is 2.54. The van der Waals surface area contributed by atoms with Gasteiger partial charge in [-0.25, -0.2) is 0 Å². The van der Waals surface area contributed by atoms with Crippen molar-refractivity contribution in [3.63, 3.8) is 0 Å². The van der Waals surface area contributed by atoms with E-state index in [1.807, 2.05) is 0 Å². The lowest BCUT2D eigenvalue weighted by molar-refractivity contribution is -0.385. The Morgan fingerprint density at radius 2 is 2.20 bits per heavy atom. The summed E-state index contributed by atoms with van der Waals surface area (Å²) < 4.78 is 5.24. The number of nitro benzene ring substituents is 1. The quantitative estimate of drug-likeness (QED) is 0.340. The van der Waals surface area contributed by atoms with E-state index in [-0.39, 0.29) is 11.3 Å². The zero-order valence-electron chi connectivity index (χ0n) is 11.2. The predicted octanol–water partition coefficient (Wildman–Crippen LogP) is 2.43. The van der Waals surface area contributed by atoms with Crippen molar-refractivity contribution in [2.45, 2.75) is 13.3 Å². The molecule has 0 fully saturated rings. The molecule has 0 atom stereocenters. The van der Waals surface area contributed by atoms with Crippen molar-refractivity contribution >= 4 is 27.5 Å². The van der Waals surface area contributed by atoms with Crippen LogP contribution in [0.1, 0.15) is 22.3 Å². The summed E-state index contributed by atoms with van der Waals surface area (Å²) in [6.45, 7) is 3.37. The van der Waals surface area contributed by atoms with Gasteiger partial charge in [-0.05, 0) is 25.0 Å². The number of amides is 1. The van der Waals surface area contributed by atoms with Crippen molar-refractivity contribution in [1.82, 2.24) is 5.32 Å². The summed E-state index contributed by atoms with van der Waals surface area (Å²) in [7, 11) is 0. The molecule has 0 saturated heterocycles. The van der Waals surface area contributed by atoms with Crippen LogP contribution in [0.4, 0.5) is 5.69 Å². The highest BCUT2D eigenvalue weighted by Crippen LogP contribution is 2.19. The van der Waals surface area contributed by atoms with E-state index in [0.29, 0.717) is 26.2 Å². The monoisotopic (exact) mass is 344 g/mol. The molecule has 0 heterocycles. The Morgan fingerprint density at radius 1 is 1.45 bits per heavy atom. The molecule has 0 aliphatic rings. The molecule has 0 aromatic heterocycles. The second kappa shape index (κ2) is 8.65. The number of carbonyl (C=O) groups is 1. The van der Waals surface area contributed by atoms with Crippen molar-refractivity contribution in [1.29, 1.82) is 0 Å². The van der Waals surface area contributed by atoms with E-state index in [2.05, 4.69) is 21.2 Å². The first kappa shape index (κ1) is 16.6. The number of nitrogens with one attached hydrogen (secondary N) is 1. The fourth-order valence-electron chi connectivity index (χ4n) is 1.62. The molecule has 0 unspecified atom stereocenters. The van der Waals surface area contributed by atoms with Crippen molar-refractivity contribution in [2.75, 3.05) is 25.1 Å². The van der Waals surface area contributed by atoms with Gasteiger partial charge in [0.15, 0.2) is 0 Å². The molecule has 1 amide bonds. The van der Waals surface area contributed by atoms with E-state index < -0.39 is 10.8 Å². The van der Waals surface area contributed by atoms with Gasteiger partial charge >= 0.3 is 0 Å². The number of benzene rings is 1. The van der Waals surface area contributed by atoms with Crippen LogP contribution in [0.25, 0.3) is 0 Å². The van der Waals surface area contributed by atoms with Gasteiger partial charge in [0, 0.05) is 24.5 Å². The Hall–Kier alpha value is -1.47. The van der Waals surface area contributed by atoms with Crippen molar-refractivity contribution in [3.8, 4) is 0 Å². The van der Waals surface area contributed by atoms with Gasteiger partial charge in [0.2, 0.25) is 0 Å². The van der Waals surface area contributed by atoms with Gasteiger partial charge in [-0.2, -0.15) is 0 Å². The van der Waals surface area contributed by atoms with Crippen LogP contribution in [0.5, 0.6) is 0 Å². The number of halogens is 1. The van der Waals surface area contributed by atoms with Gasteiger partial charge in [0.1, 0.15) is 5.56 Å². The normalized spacial score (nSPS) is 10.3. The molecule has 0 aliphatic carbocycles. The molecule has 1 aromatic rings. The second-order valence-corrected chi connectivity index (χ2v) is 4.98.